The number of hydrogen-bond acceptors (Lipinski definition) is 2. The van der Waals surface area contributed by atoms with E-state index in [1.54, 1.807) is 0 Å². The largest absolute Gasteiger partial charge is 0.316 e. The number of benzene rings is 1. The van der Waals surface area contributed by atoms with Gasteiger partial charge in [0.25, 0.3) is 0 Å². The van der Waals surface area contributed by atoms with Gasteiger partial charge in [-0.1, -0.05) is 19.8 Å². The lowest BCUT2D eigenvalue weighted by Crippen LogP contribution is -2.40. The van der Waals surface area contributed by atoms with Crippen molar-refractivity contribution in [1.82, 2.24) is 5.32 Å². The summed E-state index contributed by atoms with van der Waals surface area (Å²) in [5.41, 5.74) is 0. The molecule has 1 fully saturated rings. The molecule has 0 spiro atoms. The minimum atomic E-state index is -0.365. The first-order chi connectivity index (χ1) is 9.63. The first-order valence-corrected chi connectivity index (χ1v) is 8.31. The van der Waals surface area contributed by atoms with Gasteiger partial charge in [-0.15, -0.1) is 11.8 Å². The van der Waals surface area contributed by atoms with Gasteiger partial charge in [0.15, 0.2) is 0 Å². The van der Waals surface area contributed by atoms with E-state index in [-0.39, 0.29) is 11.6 Å². The molecular weight excluding hydrogens is 276 g/mol. The van der Waals surface area contributed by atoms with Crippen molar-refractivity contribution in [3.8, 4) is 0 Å². The Morgan fingerprint density at radius 3 is 2.80 bits per heavy atom. The Morgan fingerprint density at radius 1 is 1.30 bits per heavy atom. The maximum absolute atomic E-state index is 13.8. The summed E-state index contributed by atoms with van der Waals surface area (Å²) in [6.45, 7) is 2.21. The zero-order chi connectivity index (χ0) is 14.5. The number of hydrogen-bond donors (Lipinski definition) is 1. The smallest absolute Gasteiger partial charge is 0.136 e. The van der Waals surface area contributed by atoms with Crippen molar-refractivity contribution in [2.45, 2.75) is 55.2 Å². The first kappa shape index (κ1) is 15.8. The Morgan fingerprint density at radius 2 is 2.10 bits per heavy atom. The fourth-order valence-electron chi connectivity index (χ4n) is 3.07. The van der Waals surface area contributed by atoms with E-state index in [0.29, 0.717) is 16.2 Å². The molecular formula is C16H23F2NS. The summed E-state index contributed by atoms with van der Waals surface area (Å²) in [5, 5.41) is 3.65. The van der Waals surface area contributed by atoms with Crippen LogP contribution in [-0.2, 0) is 0 Å². The fourth-order valence-corrected chi connectivity index (χ4v) is 4.57. The quantitative estimate of drug-likeness (QED) is 0.852. The van der Waals surface area contributed by atoms with Crippen LogP contribution in [-0.4, -0.2) is 18.3 Å². The van der Waals surface area contributed by atoms with Gasteiger partial charge in [0, 0.05) is 16.2 Å². The van der Waals surface area contributed by atoms with Gasteiger partial charge in [-0.25, -0.2) is 8.78 Å². The van der Waals surface area contributed by atoms with E-state index in [2.05, 4.69) is 12.2 Å². The van der Waals surface area contributed by atoms with Crippen LogP contribution >= 0.6 is 11.8 Å². The summed E-state index contributed by atoms with van der Waals surface area (Å²) < 4.78 is 27.1. The highest BCUT2D eigenvalue weighted by molar-refractivity contribution is 8.00. The van der Waals surface area contributed by atoms with Crippen LogP contribution in [0.2, 0.25) is 0 Å². The summed E-state index contributed by atoms with van der Waals surface area (Å²) in [5.74, 6) is 0.0402. The van der Waals surface area contributed by atoms with E-state index in [0.717, 1.165) is 18.8 Å². The van der Waals surface area contributed by atoms with Gasteiger partial charge in [0.1, 0.15) is 11.6 Å². The summed E-state index contributed by atoms with van der Waals surface area (Å²) in [7, 11) is 1.96. The molecule has 0 bridgehead atoms. The molecule has 0 aromatic heterocycles. The Balaban J connectivity index is 2.09. The summed E-state index contributed by atoms with van der Waals surface area (Å²) >= 11 is 1.49. The van der Waals surface area contributed by atoms with E-state index in [1.807, 2.05) is 7.05 Å². The molecule has 112 valence electrons. The average Bonchev–Trinajstić information content (AvgIpc) is 2.44. The monoisotopic (exact) mass is 299 g/mol. The molecule has 1 aliphatic rings. The third kappa shape index (κ3) is 3.95. The van der Waals surface area contributed by atoms with Crippen LogP contribution in [0.5, 0.6) is 0 Å². The highest BCUT2D eigenvalue weighted by atomic mass is 32.2. The molecule has 20 heavy (non-hydrogen) atoms. The minimum Gasteiger partial charge on any atom is -0.316 e. The molecule has 1 aromatic carbocycles. The summed E-state index contributed by atoms with van der Waals surface area (Å²) in [6, 6.07) is 4.10. The van der Waals surface area contributed by atoms with Crippen molar-refractivity contribution < 1.29 is 8.78 Å². The van der Waals surface area contributed by atoms with Crippen molar-refractivity contribution in [3.63, 3.8) is 0 Å². The van der Waals surface area contributed by atoms with Crippen LogP contribution in [0.4, 0.5) is 8.78 Å². The Hall–Kier alpha value is -0.610. The molecule has 3 atom stereocenters. The summed E-state index contributed by atoms with van der Waals surface area (Å²) in [6.07, 6.45) is 5.87. The van der Waals surface area contributed by atoms with Crippen LogP contribution in [0, 0.1) is 17.6 Å². The molecule has 1 saturated carbocycles. The molecule has 0 aliphatic heterocycles. The number of rotatable bonds is 5. The normalized spacial score (nSPS) is 26.7. The maximum Gasteiger partial charge on any atom is 0.136 e. The van der Waals surface area contributed by atoms with Gasteiger partial charge < -0.3 is 5.32 Å². The van der Waals surface area contributed by atoms with Crippen molar-refractivity contribution >= 4 is 11.8 Å². The lowest BCUT2D eigenvalue weighted by atomic mass is 9.83. The topological polar surface area (TPSA) is 12.0 Å². The second kappa shape index (κ2) is 7.41. The molecule has 3 unspecified atom stereocenters. The zero-order valence-electron chi connectivity index (χ0n) is 12.2. The predicted octanol–water partition coefficient (Wildman–Crippen LogP) is 4.61. The molecule has 0 heterocycles. The molecule has 1 aliphatic carbocycles. The highest BCUT2D eigenvalue weighted by Gasteiger charge is 2.30. The van der Waals surface area contributed by atoms with Crippen molar-refractivity contribution in [2.24, 2.45) is 5.92 Å². The fraction of sp³-hybridized carbons (Fsp3) is 0.625. The van der Waals surface area contributed by atoms with Crippen LogP contribution in [0.3, 0.4) is 0 Å². The van der Waals surface area contributed by atoms with Gasteiger partial charge in [0.05, 0.1) is 0 Å². The van der Waals surface area contributed by atoms with Gasteiger partial charge in [0.2, 0.25) is 0 Å². The summed E-state index contributed by atoms with van der Waals surface area (Å²) in [4.78, 5) is 0.437. The van der Waals surface area contributed by atoms with Crippen molar-refractivity contribution in [1.29, 1.82) is 0 Å². The Bertz CT molecular complexity index is 438. The lowest BCUT2D eigenvalue weighted by molar-refractivity contribution is 0.295. The van der Waals surface area contributed by atoms with Crippen LogP contribution in [0.25, 0.3) is 0 Å². The molecule has 1 aromatic rings. The molecule has 0 radical (unpaired) electrons. The van der Waals surface area contributed by atoms with E-state index in [1.165, 1.54) is 49.2 Å². The number of halogens is 2. The van der Waals surface area contributed by atoms with Crippen LogP contribution in [0.15, 0.2) is 23.1 Å². The lowest BCUT2D eigenvalue weighted by Gasteiger charge is -2.35. The number of nitrogens with one attached hydrogen (secondary N) is 1. The van der Waals surface area contributed by atoms with Gasteiger partial charge in [-0.05, 0) is 50.4 Å². The number of thioether (sulfide) groups is 1. The van der Waals surface area contributed by atoms with Crippen molar-refractivity contribution in [2.75, 3.05) is 7.05 Å². The predicted molar refractivity (Wildman–Crippen MR) is 81.1 cm³/mol. The molecule has 1 N–H and O–H groups in total. The van der Waals surface area contributed by atoms with Crippen LogP contribution < -0.4 is 5.32 Å². The van der Waals surface area contributed by atoms with Crippen LogP contribution in [0.1, 0.15) is 39.0 Å². The van der Waals surface area contributed by atoms with E-state index in [9.17, 15) is 8.78 Å². The Kier molecular flexibility index (Phi) is 5.85. The molecule has 4 heteroatoms. The molecule has 0 saturated heterocycles. The minimum absolute atomic E-state index is 0.316. The molecule has 2 rings (SSSR count). The second-order valence-corrected chi connectivity index (χ2v) is 6.87. The zero-order valence-corrected chi connectivity index (χ0v) is 13.0. The SMILES string of the molecule is CCCC1CCC(NC)C(Sc2cc(F)ccc2F)C1. The first-order valence-electron chi connectivity index (χ1n) is 7.43. The van der Waals surface area contributed by atoms with E-state index >= 15 is 0 Å². The highest BCUT2D eigenvalue weighted by Crippen LogP contribution is 2.39. The van der Waals surface area contributed by atoms with E-state index in [4.69, 9.17) is 0 Å². The Labute approximate surface area is 124 Å². The van der Waals surface area contributed by atoms with Gasteiger partial charge >= 0.3 is 0 Å². The third-order valence-electron chi connectivity index (χ3n) is 4.14. The van der Waals surface area contributed by atoms with Gasteiger partial charge in [-0.2, -0.15) is 0 Å². The standard InChI is InChI=1S/C16H23F2NS/c1-3-4-11-5-8-14(19-2)16(9-11)20-15-10-12(17)6-7-13(15)18/h6-7,10-11,14,16,19H,3-5,8-9H2,1-2H3. The molecule has 1 nitrogen and oxygen atoms in total. The van der Waals surface area contributed by atoms with E-state index < -0.39 is 0 Å². The molecule has 0 amide bonds. The van der Waals surface area contributed by atoms with Crippen molar-refractivity contribution in [3.05, 3.63) is 29.8 Å². The van der Waals surface area contributed by atoms with Gasteiger partial charge in [-0.3, -0.25) is 0 Å². The third-order valence-corrected chi connectivity index (χ3v) is 5.53. The average molecular weight is 299 g/mol. The maximum atomic E-state index is 13.8. The second-order valence-electron chi connectivity index (χ2n) is 5.59.